The first-order valence-corrected chi connectivity index (χ1v) is 7.98. The Labute approximate surface area is 142 Å². The molecule has 1 aliphatic heterocycles. The zero-order valence-electron chi connectivity index (χ0n) is 13.2. The maximum Gasteiger partial charge on any atom is 0.188 e. The van der Waals surface area contributed by atoms with Crippen LogP contribution in [0.2, 0.25) is 0 Å². The number of hydrogen-bond donors (Lipinski definition) is 2. The van der Waals surface area contributed by atoms with Crippen LogP contribution in [0.25, 0.3) is 0 Å². The first kappa shape index (κ1) is 20.0. The van der Waals surface area contributed by atoms with Crippen LogP contribution in [0.3, 0.4) is 0 Å². The van der Waals surface area contributed by atoms with Gasteiger partial charge in [0.25, 0.3) is 0 Å². The molecule has 120 valence electrons. The minimum Gasteiger partial charge on any atom is -0.370 e. The number of hydrogen-bond acceptors (Lipinski definition) is 2. The molecule has 0 aromatic heterocycles. The molecule has 1 saturated heterocycles. The normalized spacial score (nSPS) is 17.8. The van der Waals surface area contributed by atoms with Crippen molar-refractivity contribution in [3.63, 3.8) is 0 Å². The minimum absolute atomic E-state index is 0. The van der Waals surface area contributed by atoms with Gasteiger partial charge in [-0.25, -0.2) is 0 Å². The van der Waals surface area contributed by atoms with Gasteiger partial charge in [-0.15, -0.1) is 24.0 Å². The van der Waals surface area contributed by atoms with E-state index in [-0.39, 0.29) is 24.0 Å². The molecule has 3 N–H and O–H groups in total. The SMILES string of the molecule is CCCCNC(N)=NCCCCN1CCC(C)CC1.I. The molecule has 0 aromatic rings. The summed E-state index contributed by atoms with van der Waals surface area (Å²) in [6, 6.07) is 0. The van der Waals surface area contributed by atoms with Crippen molar-refractivity contribution in [2.24, 2.45) is 16.6 Å². The number of rotatable bonds is 8. The van der Waals surface area contributed by atoms with Crippen molar-refractivity contribution < 1.29 is 0 Å². The van der Waals surface area contributed by atoms with Crippen LogP contribution >= 0.6 is 24.0 Å². The van der Waals surface area contributed by atoms with Crippen molar-refractivity contribution in [1.29, 1.82) is 0 Å². The van der Waals surface area contributed by atoms with E-state index in [1.807, 2.05) is 0 Å². The Morgan fingerprint density at radius 3 is 2.60 bits per heavy atom. The van der Waals surface area contributed by atoms with Gasteiger partial charge in [-0.3, -0.25) is 4.99 Å². The van der Waals surface area contributed by atoms with Crippen molar-refractivity contribution in [2.45, 2.75) is 52.4 Å². The highest BCUT2D eigenvalue weighted by Crippen LogP contribution is 2.16. The molecule has 1 fully saturated rings. The zero-order valence-corrected chi connectivity index (χ0v) is 15.6. The lowest BCUT2D eigenvalue weighted by atomic mass is 9.99. The molecule has 0 saturated carbocycles. The van der Waals surface area contributed by atoms with E-state index in [1.165, 1.54) is 45.3 Å². The molecule has 0 aliphatic carbocycles. The molecule has 0 atom stereocenters. The highest BCUT2D eigenvalue weighted by atomic mass is 127. The summed E-state index contributed by atoms with van der Waals surface area (Å²) in [5.74, 6) is 1.54. The molecule has 1 rings (SSSR count). The van der Waals surface area contributed by atoms with E-state index in [4.69, 9.17) is 5.73 Å². The predicted molar refractivity (Wildman–Crippen MR) is 98.9 cm³/mol. The van der Waals surface area contributed by atoms with Crippen molar-refractivity contribution in [1.82, 2.24) is 10.2 Å². The van der Waals surface area contributed by atoms with E-state index in [1.54, 1.807) is 0 Å². The third kappa shape index (κ3) is 9.80. The highest BCUT2D eigenvalue weighted by molar-refractivity contribution is 14.0. The third-order valence-corrected chi connectivity index (χ3v) is 3.88. The molecule has 20 heavy (non-hydrogen) atoms. The van der Waals surface area contributed by atoms with E-state index < -0.39 is 0 Å². The number of unbranched alkanes of at least 4 members (excludes halogenated alkanes) is 2. The summed E-state index contributed by atoms with van der Waals surface area (Å²) in [4.78, 5) is 6.95. The van der Waals surface area contributed by atoms with Gasteiger partial charge in [0.15, 0.2) is 5.96 Å². The standard InChI is InChI=1S/C15H32N4.HI/c1-3-4-9-17-15(16)18-10-5-6-11-19-12-7-14(2)8-13-19;/h14H,3-13H2,1-2H3,(H3,16,17,18);1H. The van der Waals surface area contributed by atoms with Gasteiger partial charge in [-0.1, -0.05) is 20.3 Å². The third-order valence-electron chi connectivity index (χ3n) is 3.88. The summed E-state index contributed by atoms with van der Waals surface area (Å²) in [5, 5.41) is 3.15. The topological polar surface area (TPSA) is 53.6 Å². The molecule has 0 amide bonds. The molecular weight excluding hydrogens is 363 g/mol. The van der Waals surface area contributed by atoms with Crippen molar-refractivity contribution in [2.75, 3.05) is 32.7 Å². The van der Waals surface area contributed by atoms with Gasteiger partial charge in [-0.05, 0) is 57.7 Å². The number of likely N-dealkylation sites (tertiary alicyclic amines) is 1. The number of halogens is 1. The van der Waals surface area contributed by atoms with Crippen LogP contribution in [0.4, 0.5) is 0 Å². The second-order valence-electron chi connectivity index (χ2n) is 5.78. The van der Waals surface area contributed by atoms with Crippen molar-refractivity contribution >= 4 is 29.9 Å². The van der Waals surface area contributed by atoms with E-state index in [0.717, 1.165) is 31.8 Å². The average Bonchev–Trinajstić information content (AvgIpc) is 2.41. The van der Waals surface area contributed by atoms with E-state index in [2.05, 4.69) is 29.1 Å². The molecule has 4 nitrogen and oxygen atoms in total. The largest absolute Gasteiger partial charge is 0.370 e. The lowest BCUT2D eigenvalue weighted by Gasteiger charge is -2.30. The summed E-state index contributed by atoms with van der Waals surface area (Å²) < 4.78 is 0. The van der Waals surface area contributed by atoms with E-state index in [9.17, 15) is 0 Å². The van der Waals surface area contributed by atoms with Crippen LogP contribution in [0.15, 0.2) is 4.99 Å². The molecule has 0 bridgehead atoms. The van der Waals surface area contributed by atoms with Crippen LogP contribution in [-0.4, -0.2) is 43.6 Å². The summed E-state index contributed by atoms with van der Waals surface area (Å²) in [6.07, 6.45) is 7.46. The highest BCUT2D eigenvalue weighted by Gasteiger charge is 2.14. The fourth-order valence-corrected chi connectivity index (χ4v) is 2.38. The van der Waals surface area contributed by atoms with Gasteiger partial charge >= 0.3 is 0 Å². The molecular formula is C15H33IN4. The molecule has 5 heteroatoms. The van der Waals surface area contributed by atoms with Crippen LogP contribution in [0.5, 0.6) is 0 Å². The Balaban J connectivity index is 0.00000361. The first-order chi connectivity index (χ1) is 9.22. The van der Waals surface area contributed by atoms with E-state index >= 15 is 0 Å². The Kier molecular flexibility index (Phi) is 12.7. The smallest absolute Gasteiger partial charge is 0.188 e. The maximum absolute atomic E-state index is 5.78. The first-order valence-electron chi connectivity index (χ1n) is 7.98. The zero-order chi connectivity index (χ0) is 13.9. The predicted octanol–water partition coefficient (Wildman–Crippen LogP) is 2.82. The fourth-order valence-electron chi connectivity index (χ4n) is 2.38. The number of aliphatic imine (C=N–C) groups is 1. The summed E-state index contributed by atoms with van der Waals surface area (Å²) in [5.41, 5.74) is 5.78. The Bertz CT molecular complexity index is 250. The second-order valence-corrected chi connectivity index (χ2v) is 5.78. The summed E-state index contributed by atoms with van der Waals surface area (Å²) in [7, 11) is 0. The minimum atomic E-state index is 0. The number of nitrogens with zero attached hydrogens (tertiary/aromatic N) is 2. The van der Waals surface area contributed by atoms with Crippen molar-refractivity contribution in [3.05, 3.63) is 0 Å². The molecule has 1 heterocycles. The lowest BCUT2D eigenvalue weighted by molar-refractivity contribution is 0.190. The molecule has 0 unspecified atom stereocenters. The molecule has 0 aromatic carbocycles. The van der Waals surface area contributed by atoms with Gasteiger partial charge in [0.1, 0.15) is 0 Å². The quantitative estimate of drug-likeness (QED) is 0.287. The Morgan fingerprint density at radius 1 is 1.25 bits per heavy atom. The van der Waals surface area contributed by atoms with Crippen LogP contribution < -0.4 is 11.1 Å². The van der Waals surface area contributed by atoms with Gasteiger partial charge in [0.05, 0.1) is 0 Å². The molecule has 0 spiro atoms. The van der Waals surface area contributed by atoms with Crippen LogP contribution in [0.1, 0.15) is 52.4 Å². The number of nitrogens with one attached hydrogen (secondary N) is 1. The maximum atomic E-state index is 5.78. The summed E-state index contributed by atoms with van der Waals surface area (Å²) in [6.45, 7) is 10.1. The van der Waals surface area contributed by atoms with E-state index in [0.29, 0.717) is 5.96 Å². The van der Waals surface area contributed by atoms with Gasteiger partial charge in [-0.2, -0.15) is 0 Å². The molecule has 0 radical (unpaired) electrons. The Morgan fingerprint density at radius 2 is 1.95 bits per heavy atom. The van der Waals surface area contributed by atoms with Crippen LogP contribution in [-0.2, 0) is 0 Å². The van der Waals surface area contributed by atoms with Gasteiger partial charge in [0.2, 0.25) is 0 Å². The summed E-state index contributed by atoms with van der Waals surface area (Å²) >= 11 is 0. The average molecular weight is 396 g/mol. The van der Waals surface area contributed by atoms with Gasteiger partial charge < -0.3 is 16.0 Å². The fraction of sp³-hybridized carbons (Fsp3) is 0.933. The monoisotopic (exact) mass is 396 g/mol. The van der Waals surface area contributed by atoms with Crippen LogP contribution in [0, 0.1) is 5.92 Å². The number of guanidine groups is 1. The van der Waals surface area contributed by atoms with Gasteiger partial charge in [0, 0.05) is 13.1 Å². The van der Waals surface area contributed by atoms with Crippen molar-refractivity contribution in [3.8, 4) is 0 Å². The second kappa shape index (κ2) is 12.7. The number of nitrogens with two attached hydrogens (primary N) is 1. The number of piperidine rings is 1. The Hall–Kier alpha value is -0.0400. The molecule has 1 aliphatic rings. The lowest BCUT2D eigenvalue weighted by Crippen LogP contribution is -2.34.